The number of carbonyl (C=O) groups is 1. The Bertz CT molecular complexity index is 757. The molecule has 126 valence electrons. The number of hydrogen-bond acceptors (Lipinski definition) is 5. The molecule has 2 aromatic rings. The van der Waals surface area contributed by atoms with Crippen molar-refractivity contribution in [3.8, 4) is 0 Å². The number of rotatable bonds is 4. The zero-order valence-corrected chi connectivity index (χ0v) is 13.6. The first-order chi connectivity index (χ1) is 11.5. The average molecular weight is 330 g/mol. The first-order valence-corrected chi connectivity index (χ1v) is 7.98. The minimum Gasteiger partial charge on any atom is -0.465 e. The minimum absolute atomic E-state index is 0.153. The summed E-state index contributed by atoms with van der Waals surface area (Å²) < 4.78 is 20.2. The number of pyridine rings is 1. The van der Waals surface area contributed by atoms with Crippen molar-refractivity contribution in [1.82, 2.24) is 14.8 Å². The number of fused-ring (bicyclic) bond motifs is 1. The van der Waals surface area contributed by atoms with E-state index < -0.39 is 11.6 Å². The molecule has 0 N–H and O–H groups in total. The number of methoxy groups -OCH3 is 1. The Balaban J connectivity index is 1.40. The van der Waals surface area contributed by atoms with Gasteiger partial charge in [0.15, 0.2) is 0 Å². The molecule has 2 unspecified atom stereocenters. The normalized spacial score (nSPS) is 27.9. The van der Waals surface area contributed by atoms with E-state index in [0.29, 0.717) is 12.1 Å². The smallest absolute Gasteiger partial charge is 0.341 e. The third kappa shape index (κ3) is 2.44. The molecule has 2 fully saturated rings. The van der Waals surface area contributed by atoms with Crippen molar-refractivity contribution in [3.05, 3.63) is 41.9 Å². The Morgan fingerprint density at radius 3 is 2.75 bits per heavy atom. The van der Waals surface area contributed by atoms with E-state index >= 15 is 0 Å². The maximum atomic E-state index is 13.9. The highest BCUT2D eigenvalue weighted by Gasteiger charge is 2.66. The molecular formula is C17H19FN4O2. The summed E-state index contributed by atoms with van der Waals surface area (Å²) in [6.07, 6.45) is 4.93. The highest BCUT2D eigenvalue weighted by atomic mass is 19.1. The molecule has 7 heteroatoms. The zero-order chi connectivity index (χ0) is 16.9. The quantitative estimate of drug-likeness (QED) is 0.802. The molecule has 3 heterocycles. The van der Waals surface area contributed by atoms with Crippen molar-refractivity contribution < 1.29 is 13.9 Å². The second kappa shape index (κ2) is 5.29. The monoisotopic (exact) mass is 330 g/mol. The van der Waals surface area contributed by atoms with Crippen LogP contribution in [0.15, 0.2) is 30.7 Å². The van der Waals surface area contributed by atoms with E-state index in [1.54, 1.807) is 24.0 Å². The second-order valence-corrected chi connectivity index (χ2v) is 6.71. The maximum Gasteiger partial charge on any atom is 0.341 e. The fourth-order valence-electron chi connectivity index (χ4n) is 3.56. The predicted octanol–water partition coefficient (Wildman–Crippen LogP) is 1.91. The summed E-state index contributed by atoms with van der Waals surface area (Å²) in [6, 6.07) is 3.95. The van der Waals surface area contributed by atoms with Crippen LogP contribution in [-0.4, -0.2) is 46.6 Å². The fraction of sp³-hybridized carbons (Fsp3) is 0.471. The summed E-state index contributed by atoms with van der Waals surface area (Å²) in [4.78, 5) is 18.1. The van der Waals surface area contributed by atoms with Gasteiger partial charge in [-0.1, -0.05) is 6.07 Å². The van der Waals surface area contributed by atoms with Crippen molar-refractivity contribution in [2.24, 2.45) is 11.8 Å². The molecule has 0 aromatic carbocycles. The molecule has 4 rings (SSSR count). The third-order valence-electron chi connectivity index (χ3n) is 5.19. The molecule has 0 spiro atoms. The summed E-state index contributed by atoms with van der Waals surface area (Å²) in [5.41, 5.74) is 0.430. The van der Waals surface area contributed by atoms with Crippen molar-refractivity contribution in [1.29, 1.82) is 0 Å². The Kier molecular flexibility index (Phi) is 3.33. The average Bonchev–Trinajstić information content (AvgIpc) is 3.05. The molecule has 1 aliphatic carbocycles. The van der Waals surface area contributed by atoms with Crippen LogP contribution in [0.1, 0.15) is 22.8 Å². The van der Waals surface area contributed by atoms with Gasteiger partial charge in [0.25, 0.3) is 0 Å². The topological polar surface area (TPSA) is 60.2 Å². The van der Waals surface area contributed by atoms with Gasteiger partial charge in [0.2, 0.25) is 0 Å². The molecule has 2 aromatic heterocycles. The van der Waals surface area contributed by atoms with Gasteiger partial charge in [-0.15, -0.1) is 0 Å². The first-order valence-electron chi connectivity index (χ1n) is 7.98. The van der Waals surface area contributed by atoms with Crippen LogP contribution in [0.5, 0.6) is 0 Å². The van der Waals surface area contributed by atoms with E-state index in [9.17, 15) is 9.18 Å². The molecule has 0 radical (unpaired) electrons. The fourth-order valence-corrected chi connectivity index (χ4v) is 3.56. The molecule has 0 bridgehead atoms. The van der Waals surface area contributed by atoms with Gasteiger partial charge in [-0.05, 0) is 18.6 Å². The summed E-state index contributed by atoms with van der Waals surface area (Å²) >= 11 is 0. The lowest BCUT2D eigenvalue weighted by molar-refractivity contribution is 0.0600. The second-order valence-electron chi connectivity index (χ2n) is 6.71. The van der Waals surface area contributed by atoms with Crippen LogP contribution in [0.3, 0.4) is 0 Å². The van der Waals surface area contributed by atoms with Crippen LogP contribution in [-0.2, 0) is 11.3 Å². The number of nitrogens with zero attached hydrogens (tertiary/aromatic N) is 4. The van der Waals surface area contributed by atoms with Crippen molar-refractivity contribution >= 4 is 11.8 Å². The van der Waals surface area contributed by atoms with Crippen LogP contribution < -0.4 is 4.90 Å². The molecule has 0 amide bonds. The summed E-state index contributed by atoms with van der Waals surface area (Å²) in [5.74, 6) is 0.791. The van der Waals surface area contributed by atoms with Crippen molar-refractivity contribution in [2.45, 2.75) is 19.1 Å². The molecule has 2 atom stereocenters. The number of esters is 1. The van der Waals surface area contributed by atoms with Gasteiger partial charge >= 0.3 is 5.97 Å². The van der Waals surface area contributed by atoms with Crippen molar-refractivity contribution in [3.63, 3.8) is 0 Å². The number of anilines is 1. The highest BCUT2D eigenvalue weighted by Crippen LogP contribution is 2.58. The largest absolute Gasteiger partial charge is 0.465 e. The van der Waals surface area contributed by atoms with Gasteiger partial charge in [0.1, 0.15) is 11.5 Å². The highest BCUT2D eigenvalue weighted by molar-refractivity contribution is 5.88. The van der Waals surface area contributed by atoms with Gasteiger partial charge in [0.05, 0.1) is 25.4 Å². The van der Waals surface area contributed by atoms with Crippen LogP contribution in [0.4, 0.5) is 10.2 Å². The van der Waals surface area contributed by atoms with E-state index in [1.807, 2.05) is 12.1 Å². The maximum absolute atomic E-state index is 13.9. The van der Waals surface area contributed by atoms with E-state index in [4.69, 9.17) is 0 Å². The molecule has 1 aliphatic heterocycles. The molecule has 6 nitrogen and oxygen atoms in total. The zero-order valence-electron chi connectivity index (χ0n) is 13.6. The van der Waals surface area contributed by atoms with E-state index in [-0.39, 0.29) is 11.8 Å². The van der Waals surface area contributed by atoms with Gasteiger partial charge in [-0.3, -0.25) is 4.68 Å². The Morgan fingerprint density at radius 2 is 2.12 bits per heavy atom. The number of alkyl halides is 1. The Hall–Kier alpha value is -2.44. The Labute approximate surface area is 139 Å². The lowest BCUT2D eigenvalue weighted by Gasteiger charge is -2.21. The lowest BCUT2D eigenvalue weighted by Crippen LogP contribution is -2.28. The molecule has 1 saturated carbocycles. The van der Waals surface area contributed by atoms with Gasteiger partial charge < -0.3 is 9.64 Å². The standard InChI is InChI=1S/C17H19FN4O2/c1-17(18)13-9-21(10-14(13)17)15-4-3-11(5-19-15)7-22-8-12(6-20-22)16(23)24-2/h3-6,8,13-14H,7,9-10H2,1-2H3. The number of hydrogen-bond donors (Lipinski definition) is 0. The minimum atomic E-state index is -0.978. The van der Waals surface area contributed by atoms with E-state index in [2.05, 4.69) is 19.7 Å². The van der Waals surface area contributed by atoms with Gasteiger partial charge in [-0.25, -0.2) is 14.2 Å². The van der Waals surface area contributed by atoms with E-state index in [1.165, 1.54) is 13.3 Å². The van der Waals surface area contributed by atoms with Gasteiger partial charge in [-0.2, -0.15) is 5.10 Å². The number of aromatic nitrogens is 3. The summed E-state index contributed by atoms with van der Waals surface area (Å²) in [7, 11) is 1.34. The van der Waals surface area contributed by atoms with Crippen LogP contribution >= 0.6 is 0 Å². The van der Waals surface area contributed by atoms with Gasteiger partial charge in [0, 0.05) is 37.3 Å². The van der Waals surface area contributed by atoms with E-state index in [0.717, 1.165) is 24.5 Å². The molecule has 24 heavy (non-hydrogen) atoms. The predicted molar refractivity (Wildman–Crippen MR) is 85.6 cm³/mol. The van der Waals surface area contributed by atoms with Crippen LogP contribution in [0.2, 0.25) is 0 Å². The third-order valence-corrected chi connectivity index (χ3v) is 5.19. The number of carbonyl (C=O) groups excluding carboxylic acids is 1. The van der Waals surface area contributed by atoms with Crippen LogP contribution in [0.25, 0.3) is 0 Å². The number of piperidine rings is 1. The molecule has 2 aliphatic rings. The number of ether oxygens (including phenoxy) is 1. The summed E-state index contributed by atoms with van der Waals surface area (Å²) in [6.45, 7) is 3.71. The molecular weight excluding hydrogens is 311 g/mol. The lowest BCUT2D eigenvalue weighted by atomic mass is 10.2. The molecule has 1 saturated heterocycles. The van der Waals surface area contributed by atoms with Crippen molar-refractivity contribution in [2.75, 3.05) is 25.1 Å². The SMILES string of the molecule is COC(=O)c1cnn(Cc2ccc(N3CC4C(C3)C4(C)F)nc2)c1. The summed E-state index contributed by atoms with van der Waals surface area (Å²) in [5, 5.41) is 4.15. The van der Waals surface area contributed by atoms with Crippen LogP contribution in [0, 0.1) is 11.8 Å². The Morgan fingerprint density at radius 1 is 1.38 bits per heavy atom. The first kappa shape index (κ1) is 15.1. The number of halogens is 1.